The molecule has 0 atom stereocenters. The highest BCUT2D eigenvalue weighted by molar-refractivity contribution is 6.30. The maximum Gasteiger partial charge on any atom is 0.0418 e. The lowest BCUT2D eigenvalue weighted by Gasteiger charge is -1.97. The molecule has 16 heavy (non-hydrogen) atoms. The molecule has 0 fully saturated rings. The minimum atomic E-state index is 0.765. The van der Waals surface area contributed by atoms with Crippen molar-refractivity contribution >= 4 is 11.6 Å². The van der Waals surface area contributed by atoms with E-state index in [-0.39, 0.29) is 0 Å². The van der Waals surface area contributed by atoms with Crippen LogP contribution in [0.1, 0.15) is 50.2 Å². The van der Waals surface area contributed by atoms with Gasteiger partial charge >= 0.3 is 0 Å². The summed E-state index contributed by atoms with van der Waals surface area (Å²) in [6.45, 7) is 4.29. The molecule has 1 aromatic carbocycles. The number of unbranched alkanes of at least 4 members (excludes halogenated alkanes) is 4. The lowest BCUT2D eigenvalue weighted by atomic mass is 10.1. The normalized spacial score (nSPS) is 9.69. The summed E-state index contributed by atoms with van der Waals surface area (Å²) >= 11 is 5.93. The van der Waals surface area contributed by atoms with E-state index >= 15 is 0 Å². The summed E-state index contributed by atoms with van der Waals surface area (Å²) < 4.78 is 0. The highest BCUT2D eigenvalue weighted by Crippen LogP contribution is 2.14. The molecule has 0 aliphatic carbocycles. The van der Waals surface area contributed by atoms with Crippen molar-refractivity contribution in [1.29, 1.82) is 0 Å². The van der Waals surface area contributed by atoms with Crippen LogP contribution in [0.2, 0.25) is 5.02 Å². The Bertz CT molecular complexity index is 382. The molecule has 0 saturated carbocycles. The van der Waals surface area contributed by atoms with Crippen LogP contribution in [0, 0.1) is 18.8 Å². The van der Waals surface area contributed by atoms with Gasteiger partial charge in [-0.3, -0.25) is 0 Å². The fourth-order valence-electron chi connectivity index (χ4n) is 1.53. The van der Waals surface area contributed by atoms with Gasteiger partial charge < -0.3 is 0 Å². The lowest BCUT2D eigenvalue weighted by Crippen LogP contribution is -1.81. The molecule has 86 valence electrons. The topological polar surface area (TPSA) is 0 Å². The van der Waals surface area contributed by atoms with Gasteiger partial charge in [0.2, 0.25) is 0 Å². The fraction of sp³-hybridized carbons (Fsp3) is 0.467. The van der Waals surface area contributed by atoms with Crippen molar-refractivity contribution in [3.63, 3.8) is 0 Å². The maximum atomic E-state index is 5.93. The molecule has 0 amide bonds. The summed E-state index contributed by atoms with van der Waals surface area (Å²) in [5.41, 5.74) is 2.26. The van der Waals surface area contributed by atoms with Gasteiger partial charge in [-0.25, -0.2) is 0 Å². The summed E-state index contributed by atoms with van der Waals surface area (Å²) in [5.74, 6) is 6.42. The maximum absolute atomic E-state index is 5.93. The SMILES string of the molecule is CCCCCCC#Cc1cc(Cl)ccc1C. The zero-order valence-corrected chi connectivity index (χ0v) is 10.9. The highest BCUT2D eigenvalue weighted by Gasteiger charge is 1.94. The molecule has 0 aliphatic heterocycles. The van der Waals surface area contributed by atoms with Crippen molar-refractivity contribution in [2.75, 3.05) is 0 Å². The third kappa shape index (κ3) is 4.73. The second-order valence-electron chi connectivity index (χ2n) is 4.07. The largest absolute Gasteiger partial charge is 0.0979 e. The van der Waals surface area contributed by atoms with Crippen LogP contribution in [-0.2, 0) is 0 Å². The summed E-state index contributed by atoms with van der Waals surface area (Å²) in [7, 11) is 0. The van der Waals surface area contributed by atoms with E-state index in [9.17, 15) is 0 Å². The standard InChI is InChI=1S/C15H19Cl/c1-3-4-5-6-7-8-9-14-12-15(16)11-10-13(14)2/h10-12H,3-7H2,1-2H3. The van der Waals surface area contributed by atoms with E-state index in [1.54, 1.807) is 0 Å². The molecule has 1 rings (SSSR count). The Kier molecular flexibility index (Phi) is 6.04. The third-order valence-electron chi connectivity index (χ3n) is 2.58. The van der Waals surface area contributed by atoms with Gasteiger partial charge in [0.25, 0.3) is 0 Å². The molecule has 0 N–H and O–H groups in total. The van der Waals surface area contributed by atoms with Crippen molar-refractivity contribution in [3.05, 3.63) is 34.3 Å². The van der Waals surface area contributed by atoms with Gasteiger partial charge in [-0.15, -0.1) is 0 Å². The first-order valence-corrected chi connectivity index (χ1v) is 6.37. The molecule has 0 saturated heterocycles. The Hall–Kier alpha value is -0.930. The highest BCUT2D eigenvalue weighted by atomic mass is 35.5. The lowest BCUT2D eigenvalue weighted by molar-refractivity contribution is 0.679. The number of aryl methyl sites for hydroxylation is 1. The number of benzene rings is 1. The monoisotopic (exact) mass is 234 g/mol. The quantitative estimate of drug-likeness (QED) is 0.510. The Morgan fingerprint density at radius 2 is 2.00 bits per heavy atom. The summed E-state index contributed by atoms with van der Waals surface area (Å²) in [4.78, 5) is 0. The zero-order chi connectivity index (χ0) is 11.8. The second kappa shape index (κ2) is 7.36. The zero-order valence-electron chi connectivity index (χ0n) is 10.1. The van der Waals surface area contributed by atoms with Crippen LogP contribution < -0.4 is 0 Å². The Morgan fingerprint density at radius 3 is 2.75 bits per heavy atom. The fourth-order valence-corrected chi connectivity index (χ4v) is 1.70. The molecule has 1 aromatic rings. The first-order chi connectivity index (χ1) is 7.74. The van der Waals surface area contributed by atoms with E-state index in [0.29, 0.717) is 0 Å². The number of hydrogen-bond acceptors (Lipinski definition) is 0. The van der Waals surface area contributed by atoms with Crippen molar-refractivity contribution in [2.45, 2.75) is 46.0 Å². The Labute approximate surface area is 104 Å². The molecule has 0 spiro atoms. The van der Waals surface area contributed by atoms with Gasteiger partial charge in [0.15, 0.2) is 0 Å². The van der Waals surface area contributed by atoms with Crippen LogP contribution in [0.5, 0.6) is 0 Å². The molecule has 0 radical (unpaired) electrons. The van der Waals surface area contributed by atoms with Crippen molar-refractivity contribution < 1.29 is 0 Å². The van der Waals surface area contributed by atoms with E-state index in [1.165, 1.54) is 31.2 Å². The van der Waals surface area contributed by atoms with Crippen LogP contribution in [0.25, 0.3) is 0 Å². The molecule has 0 nitrogen and oxygen atoms in total. The Morgan fingerprint density at radius 1 is 1.19 bits per heavy atom. The summed E-state index contributed by atoms with van der Waals surface area (Å²) in [6, 6.07) is 5.86. The minimum Gasteiger partial charge on any atom is -0.0979 e. The average Bonchev–Trinajstić information content (AvgIpc) is 2.28. The number of hydrogen-bond donors (Lipinski definition) is 0. The number of halogens is 1. The van der Waals surface area contributed by atoms with E-state index in [0.717, 1.165) is 17.0 Å². The van der Waals surface area contributed by atoms with Gasteiger partial charge in [0.1, 0.15) is 0 Å². The van der Waals surface area contributed by atoms with E-state index in [2.05, 4.69) is 25.7 Å². The molecule has 0 aliphatic rings. The van der Waals surface area contributed by atoms with E-state index < -0.39 is 0 Å². The predicted molar refractivity (Wildman–Crippen MR) is 71.8 cm³/mol. The van der Waals surface area contributed by atoms with Crippen LogP contribution in [0.15, 0.2) is 18.2 Å². The van der Waals surface area contributed by atoms with Crippen LogP contribution >= 0.6 is 11.6 Å². The third-order valence-corrected chi connectivity index (χ3v) is 2.81. The van der Waals surface area contributed by atoms with Crippen LogP contribution in [0.3, 0.4) is 0 Å². The summed E-state index contributed by atoms with van der Waals surface area (Å²) in [6.07, 6.45) is 6.09. The van der Waals surface area contributed by atoms with Crippen molar-refractivity contribution in [1.82, 2.24) is 0 Å². The Balaban J connectivity index is 2.46. The van der Waals surface area contributed by atoms with Gasteiger partial charge in [-0.05, 0) is 31.0 Å². The van der Waals surface area contributed by atoms with E-state index in [1.807, 2.05) is 18.2 Å². The smallest absolute Gasteiger partial charge is 0.0418 e. The molecule has 0 heterocycles. The molecule has 0 unspecified atom stereocenters. The van der Waals surface area contributed by atoms with Crippen molar-refractivity contribution in [3.8, 4) is 11.8 Å². The average molecular weight is 235 g/mol. The van der Waals surface area contributed by atoms with Crippen LogP contribution in [-0.4, -0.2) is 0 Å². The molecule has 0 bridgehead atoms. The minimum absolute atomic E-state index is 0.765. The van der Waals surface area contributed by atoms with Gasteiger partial charge in [0, 0.05) is 17.0 Å². The molecule has 0 aromatic heterocycles. The van der Waals surface area contributed by atoms with Gasteiger partial charge in [0.05, 0.1) is 0 Å². The molecule has 1 heteroatoms. The number of rotatable bonds is 4. The van der Waals surface area contributed by atoms with Crippen molar-refractivity contribution in [2.24, 2.45) is 0 Å². The second-order valence-corrected chi connectivity index (χ2v) is 4.51. The van der Waals surface area contributed by atoms with E-state index in [4.69, 9.17) is 11.6 Å². The first kappa shape index (κ1) is 13.1. The molecular formula is C15H19Cl. The first-order valence-electron chi connectivity index (χ1n) is 5.99. The van der Waals surface area contributed by atoms with Crippen LogP contribution in [0.4, 0.5) is 0 Å². The predicted octanol–water partition coefficient (Wildman–Crippen LogP) is 4.97. The van der Waals surface area contributed by atoms with Gasteiger partial charge in [-0.1, -0.05) is 55.7 Å². The summed E-state index contributed by atoms with van der Waals surface area (Å²) in [5, 5.41) is 0.765. The van der Waals surface area contributed by atoms with Gasteiger partial charge in [-0.2, -0.15) is 0 Å². The molecular weight excluding hydrogens is 216 g/mol.